The molecule has 4 aromatic rings. The molecular formula is C19H10F2N4O3S. The molecule has 0 saturated carbocycles. The van der Waals surface area contributed by atoms with Crippen LogP contribution < -0.4 is 0 Å². The smallest absolute Gasteiger partial charge is 0.269 e. The quantitative estimate of drug-likeness (QED) is 0.270. The van der Waals surface area contributed by atoms with Crippen LogP contribution in [-0.4, -0.2) is 26.0 Å². The van der Waals surface area contributed by atoms with Crippen LogP contribution in [0.2, 0.25) is 0 Å². The second kappa shape index (κ2) is 7.32. The number of hydrogen-bond acceptors (Lipinski definition) is 6. The highest BCUT2D eigenvalue weighted by atomic mass is 32.1. The van der Waals surface area contributed by atoms with Gasteiger partial charge in [-0.15, -0.1) is 11.3 Å². The number of carbonyl (C=O) groups excluding carboxylic acids is 1. The number of halogens is 2. The van der Waals surface area contributed by atoms with Crippen LogP contribution in [0.5, 0.6) is 0 Å². The van der Waals surface area contributed by atoms with Gasteiger partial charge in [0.2, 0.25) is 5.13 Å². The van der Waals surface area contributed by atoms with Crippen molar-refractivity contribution >= 4 is 23.3 Å². The number of nitro benzene ring substituents is 1. The number of carbonyl (C=O) groups is 1. The Morgan fingerprint density at radius 3 is 2.55 bits per heavy atom. The molecule has 0 aliphatic rings. The Kier molecular flexibility index (Phi) is 4.69. The highest BCUT2D eigenvalue weighted by Crippen LogP contribution is 2.29. The first kappa shape index (κ1) is 18.6. The number of aromatic nitrogens is 3. The molecule has 0 saturated heterocycles. The fourth-order valence-electron chi connectivity index (χ4n) is 2.72. The molecule has 2 aromatic heterocycles. The van der Waals surface area contributed by atoms with Gasteiger partial charge in [0.1, 0.15) is 17.3 Å². The van der Waals surface area contributed by atoms with Crippen LogP contribution in [0.3, 0.4) is 0 Å². The molecule has 0 aliphatic heterocycles. The van der Waals surface area contributed by atoms with Gasteiger partial charge in [0.15, 0.2) is 6.29 Å². The van der Waals surface area contributed by atoms with Crippen molar-refractivity contribution in [1.82, 2.24) is 14.8 Å². The molecule has 0 unspecified atom stereocenters. The van der Waals surface area contributed by atoms with Crippen LogP contribution in [0.1, 0.15) is 10.4 Å². The fraction of sp³-hybridized carbons (Fsp3) is 0. The van der Waals surface area contributed by atoms with Crippen molar-refractivity contribution in [1.29, 1.82) is 0 Å². The van der Waals surface area contributed by atoms with E-state index in [1.54, 1.807) is 17.5 Å². The Hall–Kier alpha value is -3.79. The van der Waals surface area contributed by atoms with Gasteiger partial charge in [-0.1, -0.05) is 0 Å². The number of non-ortho nitro benzene ring substituents is 1. The lowest BCUT2D eigenvalue weighted by molar-refractivity contribution is -0.384. The van der Waals surface area contributed by atoms with E-state index in [1.165, 1.54) is 40.4 Å². The van der Waals surface area contributed by atoms with Crippen molar-refractivity contribution in [2.24, 2.45) is 0 Å². The van der Waals surface area contributed by atoms with Crippen molar-refractivity contribution < 1.29 is 18.5 Å². The maximum atomic E-state index is 14.1. The fourth-order valence-corrected chi connectivity index (χ4v) is 3.48. The predicted octanol–water partition coefficient (Wildman–Crippen LogP) is 4.66. The third-order valence-corrected chi connectivity index (χ3v) is 4.95. The van der Waals surface area contributed by atoms with E-state index in [-0.39, 0.29) is 22.5 Å². The molecule has 0 spiro atoms. The lowest BCUT2D eigenvalue weighted by Gasteiger charge is -2.00. The molecular weight excluding hydrogens is 402 g/mol. The maximum Gasteiger partial charge on any atom is 0.269 e. The number of benzene rings is 2. The number of rotatable bonds is 5. The molecule has 10 heteroatoms. The van der Waals surface area contributed by atoms with Gasteiger partial charge in [-0.25, -0.2) is 18.4 Å². The molecule has 0 N–H and O–H groups in total. The Morgan fingerprint density at radius 1 is 1.14 bits per heavy atom. The van der Waals surface area contributed by atoms with Crippen molar-refractivity contribution in [2.75, 3.05) is 0 Å². The van der Waals surface area contributed by atoms with Gasteiger partial charge in [-0.3, -0.25) is 14.9 Å². The summed E-state index contributed by atoms with van der Waals surface area (Å²) in [5.74, 6) is -1.56. The van der Waals surface area contributed by atoms with Crippen molar-refractivity contribution in [3.63, 3.8) is 0 Å². The second-order valence-corrected chi connectivity index (χ2v) is 6.78. The minimum Gasteiger partial charge on any atom is -0.298 e. The van der Waals surface area contributed by atoms with Crippen LogP contribution in [0.25, 0.3) is 27.6 Å². The van der Waals surface area contributed by atoms with Gasteiger partial charge >= 0.3 is 0 Å². The van der Waals surface area contributed by atoms with Crippen LogP contribution in [0, 0.1) is 21.7 Å². The van der Waals surface area contributed by atoms with E-state index in [9.17, 15) is 23.7 Å². The predicted molar refractivity (Wildman–Crippen MR) is 102 cm³/mol. The number of nitro groups is 1. The molecule has 29 heavy (non-hydrogen) atoms. The lowest BCUT2D eigenvalue weighted by atomic mass is 10.1. The van der Waals surface area contributed by atoms with E-state index in [1.807, 2.05) is 0 Å². The SMILES string of the molecule is O=Cc1cn(-c2nc(-c3ccc([N+](=O)[O-])cc3)cs2)nc1-c1ccc(F)cc1F. The second-order valence-electron chi connectivity index (χ2n) is 5.94. The topological polar surface area (TPSA) is 90.9 Å². The lowest BCUT2D eigenvalue weighted by Crippen LogP contribution is -1.95. The summed E-state index contributed by atoms with van der Waals surface area (Å²) in [7, 11) is 0. The molecule has 144 valence electrons. The summed E-state index contributed by atoms with van der Waals surface area (Å²) in [6.45, 7) is 0. The third-order valence-electron chi connectivity index (χ3n) is 4.12. The normalized spacial score (nSPS) is 10.8. The molecule has 7 nitrogen and oxygen atoms in total. The first-order chi connectivity index (χ1) is 14.0. The zero-order chi connectivity index (χ0) is 20.5. The number of thiazole rings is 1. The van der Waals surface area contributed by atoms with E-state index in [4.69, 9.17) is 0 Å². The molecule has 0 fully saturated rings. The van der Waals surface area contributed by atoms with Crippen LogP contribution >= 0.6 is 11.3 Å². The van der Waals surface area contributed by atoms with E-state index in [0.717, 1.165) is 12.1 Å². The first-order valence-corrected chi connectivity index (χ1v) is 9.05. The molecule has 2 aromatic carbocycles. The van der Waals surface area contributed by atoms with Gasteiger partial charge in [0, 0.05) is 40.9 Å². The van der Waals surface area contributed by atoms with Crippen LogP contribution in [0.4, 0.5) is 14.5 Å². The van der Waals surface area contributed by atoms with E-state index < -0.39 is 16.6 Å². The van der Waals surface area contributed by atoms with Crippen LogP contribution in [0.15, 0.2) is 54.0 Å². The third kappa shape index (κ3) is 3.52. The standard InChI is InChI=1S/C19H10F2N4O3S/c20-13-3-6-15(16(21)7-13)18-12(9-26)8-24(23-18)19-22-17(10-29-19)11-1-4-14(5-2-11)25(27)28/h1-10H. The molecule has 0 aliphatic carbocycles. The summed E-state index contributed by atoms with van der Waals surface area (Å²) >= 11 is 1.23. The number of nitrogens with zero attached hydrogens (tertiary/aromatic N) is 4. The van der Waals surface area contributed by atoms with Crippen molar-refractivity contribution in [3.05, 3.63) is 81.4 Å². The Balaban J connectivity index is 1.70. The van der Waals surface area contributed by atoms with E-state index in [2.05, 4.69) is 10.1 Å². The van der Waals surface area contributed by atoms with Gasteiger partial charge in [-0.05, 0) is 24.3 Å². The summed E-state index contributed by atoms with van der Waals surface area (Å²) in [4.78, 5) is 26.1. The van der Waals surface area contributed by atoms with Crippen molar-refractivity contribution in [3.8, 4) is 27.6 Å². The molecule has 0 atom stereocenters. The summed E-state index contributed by atoms with van der Waals surface area (Å²) in [6.07, 6.45) is 1.94. The zero-order valence-corrected chi connectivity index (χ0v) is 15.3. The van der Waals surface area contributed by atoms with Gasteiger partial charge in [0.25, 0.3) is 5.69 Å². The van der Waals surface area contributed by atoms with Gasteiger partial charge < -0.3 is 0 Å². The highest BCUT2D eigenvalue weighted by Gasteiger charge is 2.17. The largest absolute Gasteiger partial charge is 0.298 e. The summed E-state index contributed by atoms with van der Waals surface area (Å²) < 4.78 is 28.6. The molecule has 0 amide bonds. The summed E-state index contributed by atoms with van der Waals surface area (Å²) in [5, 5.41) is 17.1. The minimum absolute atomic E-state index is 0.000557. The highest BCUT2D eigenvalue weighted by molar-refractivity contribution is 7.12. The monoisotopic (exact) mass is 412 g/mol. The van der Waals surface area contributed by atoms with Gasteiger partial charge in [0.05, 0.1) is 16.2 Å². The summed E-state index contributed by atoms with van der Waals surface area (Å²) in [6, 6.07) is 8.94. The van der Waals surface area contributed by atoms with E-state index in [0.29, 0.717) is 22.7 Å². The number of aldehydes is 1. The zero-order valence-electron chi connectivity index (χ0n) is 14.5. The molecule has 2 heterocycles. The Bertz CT molecular complexity index is 1230. The Labute approximate surface area is 166 Å². The molecule has 4 rings (SSSR count). The number of hydrogen-bond donors (Lipinski definition) is 0. The maximum absolute atomic E-state index is 14.1. The average molecular weight is 412 g/mol. The van der Waals surface area contributed by atoms with Gasteiger partial charge in [-0.2, -0.15) is 5.10 Å². The molecule has 0 radical (unpaired) electrons. The summed E-state index contributed by atoms with van der Waals surface area (Å²) in [5.41, 5.74) is 1.41. The minimum atomic E-state index is -0.830. The van der Waals surface area contributed by atoms with Crippen LogP contribution in [-0.2, 0) is 0 Å². The van der Waals surface area contributed by atoms with E-state index >= 15 is 0 Å². The van der Waals surface area contributed by atoms with Crippen molar-refractivity contribution in [2.45, 2.75) is 0 Å². The molecule has 0 bridgehead atoms. The Morgan fingerprint density at radius 2 is 1.90 bits per heavy atom. The first-order valence-electron chi connectivity index (χ1n) is 8.17. The average Bonchev–Trinajstić information content (AvgIpc) is 3.35.